The molecular weight excluding hydrogens is 301 g/mol. The molecule has 1 aromatic rings. The highest BCUT2D eigenvalue weighted by Gasteiger charge is 2.30. The standard InChI is InChI=1S/C13H16FNO5S/c1-15(7-11-8-20-11)21(18,19)12-5-9(2-3-13(16)17)4-10(14)6-12/h4-6,11H,2-3,7-8H2,1H3,(H,16,17)/t11-/m0/s1. The second-order valence-corrected chi connectivity index (χ2v) is 6.97. The van der Waals surface area contributed by atoms with Crippen molar-refractivity contribution >= 4 is 16.0 Å². The van der Waals surface area contributed by atoms with Gasteiger partial charge in [0.15, 0.2) is 0 Å². The minimum Gasteiger partial charge on any atom is -0.481 e. The van der Waals surface area contributed by atoms with E-state index in [-0.39, 0.29) is 30.4 Å². The summed E-state index contributed by atoms with van der Waals surface area (Å²) < 4.78 is 44.3. The third-order valence-corrected chi connectivity index (χ3v) is 4.93. The normalized spacial score (nSPS) is 18.0. The molecule has 2 rings (SSSR count). The van der Waals surface area contributed by atoms with Crippen LogP contribution >= 0.6 is 0 Å². The van der Waals surface area contributed by atoms with E-state index in [4.69, 9.17) is 9.84 Å². The van der Waals surface area contributed by atoms with Gasteiger partial charge in [0, 0.05) is 20.0 Å². The number of likely N-dealkylation sites (N-methyl/N-ethyl adjacent to an activating group) is 1. The number of benzene rings is 1. The second kappa shape index (κ2) is 6.08. The van der Waals surface area contributed by atoms with E-state index < -0.39 is 21.8 Å². The van der Waals surface area contributed by atoms with Crippen molar-refractivity contribution in [1.29, 1.82) is 0 Å². The van der Waals surface area contributed by atoms with Crippen LogP contribution in [0.3, 0.4) is 0 Å². The second-order valence-electron chi connectivity index (χ2n) is 4.93. The number of hydrogen-bond donors (Lipinski definition) is 1. The maximum atomic E-state index is 13.6. The van der Waals surface area contributed by atoms with Gasteiger partial charge in [-0.15, -0.1) is 0 Å². The first-order chi connectivity index (χ1) is 9.79. The van der Waals surface area contributed by atoms with Gasteiger partial charge in [0.1, 0.15) is 5.82 Å². The summed E-state index contributed by atoms with van der Waals surface area (Å²) in [6.07, 6.45) is -0.218. The number of carboxylic acid groups (broad SMARTS) is 1. The van der Waals surface area contributed by atoms with Crippen molar-refractivity contribution in [2.75, 3.05) is 20.2 Å². The van der Waals surface area contributed by atoms with Crippen LogP contribution in [0, 0.1) is 5.82 Å². The number of ether oxygens (including phenoxy) is 1. The molecule has 1 aromatic carbocycles. The number of carbonyl (C=O) groups is 1. The Kier molecular flexibility index (Phi) is 4.60. The topological polar surface area (TPSA) is 87.2 Å². The summed E-state index contributed by atoms with van der Waals surface area (Å²) in [4.78, 5) is 10.4. The SMILES string of the molecule is CN(C[C@H]1CO1)S(=O)(=O)c1cc(F)cc(CCC(=O)O)c1. The Morgan fingerprint density at radius 3 is 2.71 bits per heavy atom. The quantitative estimate of drug-likeness (QED) is 0.754. The van der Waals surface area contributed by atoms with Crippen LogP contribution in [0.2, 0.25) is 0 Å². The molecular formula is C13H16FNO5S. The highest BCUT2D eigenvalue weighted by atomic mass is 32.2. The van der Waals surface area contributed by atoms with Gasteiger partial charge in [0.2, 0.25) is 10.0 Å². The summed E-state index contributed by atoms with van der Waals surface area (Å²) in [6, 6.07) is 3.39. The van der Waals surface area contributed by atoms with Crippen LogP contribution in [0.15, 0.2) is 23.1 Å². The number of carboxylic acids is 1. The van der Waals surface area contributed by atoms with Crippen LogP contribution in [-0.2, 0) is 26.0 Å². The number of aliphatic carboxylic acids is 1. The number of epoxide rings is 1. The largest absolute Gasteiger partial charge is 0.481 e. The Balaban J connectivity index is 2.22. The summed E-state index contributed by atoms with van der Waals surface area (Å²) in [5.74, 6) is -1.72. The number of hydrogen-bond acceptors (Lipinski definition) is 4. The first-order valence-electron chi connectivity index (χ1n) is 6.38. The molecule has 0 aliphatic carbocycles. The lowest BCUT2D eigenvalue weighted by Crippen LogP contribution is -2.30. The lowest BCUT2D eigenvalue weighted by molar-refractivity contribution is -0.136. The van der Waals surface area contributed by atoms with Crippen molar-refractivity contribution in [3.8, 4) is 0 Å². The van der Waals surface area contributed by atoms with Crippen molar-refractivity contribution < 1.29 is 27.4 Å². The molecule has 1 N–H and O–H groups in total. The van der Waals surface area contributed by atoms with Crippen molar-refractivity contribution in [3.05, 3.63) is 29.6 Å². The number of nitrogens with zero attached hydrogens (tertiary/aromatic N) is 1. The zero-order chi connectivity index (χ0) is 15.6. The zero-order valence-electron chi connectivity index (χ0n) is 11.5. The predicted octanol–water partition coefficient (Wildman–Crippen LogP) is 0.862. The fourth-order valence-corrected chi connectivity index (χ4v) is 3.19. The molecule has 1 atom stereocenters. The molecule has 1 aliphatic rings. The number of sulfonamides is 1. The van der Waals surface area contributed by atoms with Crippen LogP contribution in [0.25, 0.3) is 0 Å². The molecule has 0 radical (unpaired) electrons. The lowest BCUT2D eigenvalue weighted by atomic mass is 10.1. The van der Waals surface area contributed by atoms with Crippen LogP contribution in [0.4, 0.5) is 4.39 Å². The van der Waals surface area contributed by atoms with Gasteiger partial charge >= 0.3 is 5.97 Å². The van der Waals surface area contributed by atoms with Gasteiger partial charge < -0.3 is 9.84 Å². The van der Waals surface area contributed by atoms with E-state index in [1.807, 2.05) is 0 Å². The molecule has 21 heavy (non-hydrogen) atoms. The van der Waals surface area contributed by atoms with Crippen LogP contribution in [-0.4, -0.2) is 50.1 Å². The Morgan fingerprint density at radius 1 is 1.48 bits per heavy atom. The minimum atomic E-state index is -3.81. The average Bonchev–Trinajstić information content (AvgIpc) is 3.19. The van der Waals surface area contributed by atoms with Gasteiger partial charge in [-0.25, -0.2) is 12.8 Å². The smallest absolute Gasteiger partial charge is 0.303 e. The highest BCUT2D eigenvalue weighted by Crippen LogP contribution is 2.21. The number of rotatable bonds is 7. The fraction of sp³-hybridized carbons (Fsp3) is 0.462. The monoisotopic (exact) mass is 317 g/mol. The molecule has 8 heteroatoms. The van der Waals surface area contributed by atoms with Crippen LogP contribution in [0.5, 0.6) is 0 Å². The maximum absolute atomic E-state index is 13.6. The van der Waals surface area contributed by atoms with Crippen molar-refractivity contribution in [1.82, 2.24) is 4.31 Å². The Bertz CT molecular complexity index is 642. The molecule has 1 saturated heterocycles. The molecule has 0 saturated carbocycles. The summed E-state index contributed by atoms with van der Waals surface area (Å²) in [6.45, 7) is 0.732. The molecule has 1 heterocycles. The molecule has 0 bridgehead atoms. The van der Waals surface area contributed by atoms with E-state index in [1.54, 1.807) is 0 Å². The van der Waals surface area contributed by atoms with E-state index >= 15 is 0 Å². The van der Waals surface area contributed by atoms with Crippen molar-refractivity contribution in [2.24, 2.45) is 0 Å². The Hall–Kier alpha value is -1.51. The van der Waals surface area contributed by atoms with Gasteiger partial charge in [-0.3, -0.25) is 4.79 Å². The first kappa shape index (κ1) is 15.9. The minimum absolute atomic E-state index is 0.0745. The lowest BCUT2D eigenvalue weighted by Gasteiger charge is -2.16. The summed E-state index contributed by atoms with van der Waals surface area (Å²) in [5, 5.41) is 8.63. The van der Waals surface area contributed by atoms with E-state index in [9.17, 15) is 17.6 Å². The van der Waals surface area contributed by atoms with Crippen LogP contribution < -0.4 is 0 Å². The predicted molar refractivity (Wildman–Crippen MR) is 71.9 cm³/mol. The summed E-state index contributed by atoms with van der Waals surface area (Å²) in [7, 11) is -2.41. The van der Waals surface area contributed by atoms with E-state index in [1.165, 1.54) is 13.1 Å². The Morgan fingerprint density at radius 2 is 2.14 bits per heavy atom. The number of halogens is 1. The third-order valence-electron chi connectivity index (χ3n) is 3.13. The highest BCUT2D eigenvalue weighted by molar-refractivity contribution is 7.89. The molecule has 0 unspecified atom stereocenters. The van der Waals surface area contributed by atoms with Gasteiger partial charge in [-0.2, -0.15) is 4.31 Å². The first-order valence-corrected chi connectivity index (χ1v) is 7.82. The Labute approximate surface area is 122 Å². The van der Waals surface area contributed by atoms with Crippen molar-refractivity contribution in [2.45, 2.75) is 23.8 Å². The average molecular weight is 317 g/mol. The zero-order valence-corrected chi connectivity index (χ0v) is 12.3. The third kappa shape index (κ3) is 4.23. The van der Waals surface area contributed by atoms with Gasteiger partial charge in [0.25, 0.3) is 0 Å². The van der Waals surface area contributed by atoms with E-state index in [0.29, 0.717) is 12.2 Å². The number of aryl methyl sites for hydroxylation is 1. The van der Waals surface area contributed by atoms with Crippen molar-refractivity contribution in [3.63, 3.8) is 0 Å². The molecule has 116 valence electrons. The van der Waals surface area contributed by atoms with Gasteiger partial charge in [-0.05, 0) is 30.2 Å². The molecule has 0 aromatic heterocycles. The molecule has 0 amide bonds. The molecule has 6 nitrogen and oxygen atoms in total. The van der Waals surface area contributed by atoms with Crippen LogP contribution in [0.1, 0.15) is 12.0 Å². The molecule has 0 spiro atoms. The van der Waals surface area contributed by atoms with Gasteiger partial charge in [0.05, 0.1) is 17.6 Å². The molecule has 1 aliphatic heterocycles. The van der Waals surface area contributed by atoms with Gasteiger partial charge in [-0.1, -0.05) is 0 Å². The fourth-order valence-electron chi connectivity index (χ4n) is 1.90. The van der Waals surface area contributed by atoms with E-state index in [2.05, 4.69) is 0 Å². The molecule has 1 fully saturated rings. The summed E-state index contributed by atoms with van der Waals surface area (Å²) in [5.41, 5.74) is 0.340. The maximum Gasteiger partial charge on any atom is 0.303 e. The van der Waals surface area contributed by atoms with E-state index in [0.717, 1.165) is 16.4 Å². The summed E-state index contributed by atoms with van der Waals surface area (Å²) >= 11 is 0.